The number of aliphatic hydroxyl groups is 2. The molecule has 2 aliphatic rings. The molecule has 1 aliphatic heterocycles. The smallest absolute Gasteiger partial charge is 0.161 e. The molecule has 3 N–H and O–H groups in total. The quantitative estimate of drug-likeness (QED) is 0.388. The summed E-state index contributed by atoms with van der Waals surface area (Å²) in [7, 11) is 1.64. The summed E-state index contributed by atoms with van der Waals surface area (Å²) in [6, 6.07) is 6.70. The van der Waals surface area contributed by atoms with Crippen LogP contribution in [0.4, 0.5) is 0 Å². The lowest BCUT2D eigenvalue weighted by molar-refractivity contribution is -0.0316. The molecule has 7 nitrogen and oxygen atoms in total. The number of benzene rings is 1. The molecular formula is C25H44Cl2N2O5. The van der Waals surface area contributed by atoms with E-state index in [1.54, 1.807) is 7.11 Å². The average molecular weight is 524 g/mol. The second kappa shape index (κ2) is 16.0. The molecule has 1 aromatic carbocycles. The number of hydrogen-bond acceptors (Lipinski definition) is 7. The zero-order chi connectivity index (χ0) is 22.9. The first kappa shape index (κ1) is 31.2. The molecule has 0 spiro atoms. The Morgan fingerprint density at radius 1 is 1.12 bits per heavy atom. The molecule has 0 amide bonds. The maximum Gasteiger partial charge on any atom is 0.161 e. The second-order valence-corrected chi connectivity index (χ2v) is 9.46. The van der Waals surface area contributed by atoms with E-state index >= 15 is 0 Å². The van der Waals surface area contributed by atoms with E-state index in [1.807, 2.05) is 32.0 Å². The van der Waals surface area contributed by atoms with Gasteiger partial charge in [0.25, 0.3) is 0 Å². The van der Waals surface area contributed by atoms with Gasteiger partial charge in [0.15, 0.2) is 11.5 Å². The molecule has 9 heteroatoms. The minimum atomic E-state index is -0.574. The van der Waals surface area contributed by atoms with Gasteiger partial charge in [-0.25, -0.2) is 0 Å². The van der Waals surface area contributed by atoms with Crippen LogP contribution in [0, 0.1) is 0 Å². The van der Waals surface area contributed by atoms with Crippen LogP contribution < -0.4 is 14.8 Å². The van der Waals surface area contributed by atoms with Gasteiger partial charge in [0.2, 0.25) is 0 Å². The molecule has 2 fully saturated rings. The van der Waals surface area contributed by atoms with E-state index in [-0.39, 0.29) is 43.6 Å². The van der Waals surface area contributed by atoms with Crippen molar-refractivity contribution in [2.75, 3.05) is 40.0 Å². The van der Waals surface area contributed by atoms with Crippen LogP contribution in [-0.4, -0.2) is 85.5 Å². The Morgan fingerprint density at radius 2 is 1.88 bits per heavy atom. The molecule has 4 atom stereocenters. The molecule has 0 radical (unpaired) electrons. The molecule has 3 rings (SSSR count). The Balaban J connectivity index is 0.00000289. The molecule has 198 valence electrons. The fourth-order valence-electron chi connectivity index (χ4n) is 4.69. The topological polar surface area (TPSA) is 83.4 Å². The lowest BCUT2D eigenvalue weighted by Gasteiger charge is -2.37. The van der Waals surface area contributed by atoms with Crippen LogP contribution in [0.2, 0.25) is 0 Å². The predicted molar refractivity (Wildman–Crippen MR) is 140 cm³/mol. The number of halogens is 2. The van der Waals surface area contributed by atoms with Crippen LogP contribution in [0.1, 0.15) is 51.5 Å². The Morgan fingerprint density at radius 3 is 2.56 bits per heavy atom. The standard InChI is InChI=1S/C25H42N2O5.2ClH/c1-18(2)26-15-21(29)17-32-24-9-8-19(14-25(24)30-3)11-13-31-23-7-5-4-6-22(23)27-12-10-20(28)16-27;;/h8-9,14,18,20-23,26,28-29H,4-7,10-13,15-17H2,1-3H3;2*1H/t20?,21?,22-,23+;;/m1../s1. The summed E-state index contributed by atoms with van der Waals surface area (Å²) in [6.45, 7) is 7.23. The van der Waals surface area contributed by atoms with E-state index in [1.165, 1.54) is 12.8 Å². The van der Waals surface area contributed by atoms with Crippen molar-refractivity contribution in [2.45, 2.75) is 82.8 Å². The first-order valence-corrected chi connectivity index (χ1v) is 12.2. The number of methoxy groups -OCH3 is 1. The van der Waals surface area contributed by atoms with Gasteiger partial charge in [0, 0.05) is 31.7 Å². The second-order valence-electron chi connectivity index (χ2n) is 9.46. The number of rotatable bonds is 12. The van der Waals surface area contributed by atoms with Crippen molar-refractivity contribution in [3.05, 3.63) is 23.8 Å². The number of aliphatic hydroxyl groups excluding tert-OH is 2. The summed E-state index contributed by atoms with van der Waals surface area (Å²) in [5.74, 6) is 1.31. The van der Waals surface area contributed by atoms with Crippen LogP contribution in [0.3, 0.4) is 0 Å². The highest BCUT2D eigenvalue weighted by Gasteiger charge is 2.34. The normalized spacial score (nSPS) is 23.8. The van der Waals surface area contributed by atoms with Gasteiger partial charge < -0.3 is 29.7 Å². The third-order valence-electron chi connectivity index (χ3n) is 6.48. The summed E-state index contributed by atoms with van der Waals surface area (Å²) in [4.78, 5) is 2.43. The van der Waals surface area contributed by atoms with E-state index in [0.29, 0.717) is 36.7 Å². The Hall–Kier alpha value is -0.800. The van der Waals surface area contributed by atoms with Crippen LogP contribution >= 0.6 is 24.8 Å². The highest BCUT2D eigenvalue weighted by molar-refractivity contribution is 5.85. The van der Waals surface area contributed by atoms with Gasteiger partial charge in [-0.3, -0.25) is 4.90 Å². The summed E-state index contributed by atoms with van der Waals surface area (Å²) in [5, 5.41) is 23.2. The maximum atomic E-state index is 10.1. The van der Waals surface area contributed by atoms with Crippen molar-refractivity contribution in [2.24, 2.45) is 0 Å². The van der Waals surface area contributed by atoms with Crippen LogP contribution in [-0.2, 0) is 11.2 Å². The van der Waals surface area contributed by atoms with Gasteiger partial charge in [-0.15, -0.1) is 24.8 Å². The third kappa shape index (κ3) is 9.69. The van der Waals surface area contributed by atoms with Crippen molar-refractivity contribution in [3.8, 4) is 11.5 Å². The largest absolute Gasteiger partial charge is 0.493 e. The number of nitrogens with one attached hydrogen (secondary N) is 1. The number of nitrogens with zero attached hydrogens (tertiary/aromatic N) is 1. The van der Waals surface area contributed by atoms with Gasteiger partial charge in [-0.2, -0.15) is 0 Å². The van der Waals surface area contributed by atoms with Crippen molar-refractivity contribution in [3.63, 3.8) is 0 Å². The van der Waals surface area contributed by atoms with Gasteiger partial charge in [-0.1, -0.05) is 32.8 Å². The van der Waals surface area contributed by atoms with Crippen molar-refractivity contribution in [1.29, 1.82) is 0 Å². The number of ether oxygens (including phenoxy) is 3. The van der Waals surface area contributed by atoms with E-state index in [4.69, 9.17) is 14.2 Å². The van der Waals surface area contributed by atoms with Crippen molar-refractivity contribution in [1.82, 2.24) is 10.2 Å². The summed E-state index contributed by atoms with van der Waals surface area (Å²) >= 11 is 0. The van der Waals surface area contributed by atoms with Crippen LogP contribution in [0.15, 0.2) is 18.2 Å². The fraction of sp³-hybridized carbons (Fsp3) is 0.760. The molecule has 2 unspecified atom stereocenters. The Kier molecular flexibility index (Phi) is 14.7. The van der Waals surface area contributed by atoms with E-state index in [2.05, 4.69) is 10.2 Å². The van der Waals surface area contributed by atoms with Crippen LogP contribution in [0.25, 0.3) is 0 Å². The predicted octanol–water partition coefficient (Wildman–Crippen LogP) is 3.21. The van der Waals surface area contributed by atoms with Crippen molar-refractivity contribution >= 4 is 24.8 Å². The molecule has 34 heavy (non-hydrogen) atoms. The van der Waals surface area contributed by atoms with Gasteiger partial charge in [0.05, 0.1) is 25.9 Å². The van der Waals surface area contributed by atoms with E-state index in [0.717, 1.165) is 44.3 Å². The maximum absolute atomic E-state index is 10.1. The molecule has 0 bridgehead atoms. The molecular weight excluding hydrogens is 479 g/mol. The van der Waals surface area contributed by atoms with Gasteiger partial charge in [0.1, 0.15) is 12.7 Å². The molecule has 1 saturated heterocycles. The summed E-state index contributed by atoms with van der Waals surface area (Å²) in [5.41, 5.74) is 1.14. The average Bonchev–Trinajstić information content (AvgIpc) is 3.23. The van der Waals surface area contributed by atoms with Gasteiger partial charge >= 0.3 is 0 Å². The lowest BCUT2D eigenvalue weighted by atomic mass is 9.91. The Bertz CT molecular complexity index is 697. The van der Waals surface area contributed by atoms with E-state index < -0.39 is 6.10 Å². The Labute approximate surface area is 217 Å². The van der Waals surface area contributed by atoms with Gasteiger partial charge in [-0.05, 0) is 43.4 Å². The third-order valence-corrected chi connectivity index (χ3v) is 6.48. The number of likely N-dealkylation sites (tertiary alicyclic amines) is 1. The SMILES string of the molecule is COc1cc(CCO[C@H]2CCCC[C@H]2N2CCC(O)C2)ccc1OCC(O)CNC(C)C.Cl.Cl. The first-order chi connectivity index (χ1) is 15.5. The van der Waals surface area contributed by atoms with Crippen molar-refractivity contribution < 1.29 is 24.4 Å². The summed E-state index contributed by atoms with van der Waals surface area (Å²) in [6.07, 6.45) is 5.91. The zero-order valence-electron chi connectivity index (χ0n) is 20.8. The first-order valence-electron chi connectivity index (χ1n) is 12.2. The fourth-order valence-corrected chi connectivity index (χ4v) is 4.69. The monoisotopic (exact) mass is 522 g/mol. The highest BCUT2D eigenvalue weighted by Crippen LogP contribution is 2.30. The number of β-amino-alcohol motifs (C(OH)–C–C–N with tert-alkyl or cyclic N) is 1. The zero-order valence-corrected chi connectivity index (χ0v) is 22.4. The van der Waals surface area contributed by atoms with Crippen LogP contribution in [0.5, 0.6) is 11.5 Å². The molecule has 1 aliphatic carbocycles. The minimum absolute atomic E-state index is 0. The molecule has 1 aromatic rings. The van der Waals surface area contributed by atoms with E-state index in [9.17, 15) is 10.2 Å². The number of hydrogen-bond donors (Lipinski definition) is 3. The molecule has 0 aromatic heterocycles. The minimum Gasteiger partial charge on any atom is -0.493 e. The summed E-state index contributed by atoms with van der Waals surface area (Å²) < 4.78 is 17.6. The highest BCUT2D eigenvalue weighted by atomic mass is 35.5. The molecule has 1 saturated carbocycles. The molecule has 1 heterocycles. The lowest BCUT2D eigenvalue weighted by Crippen LogP contribution is -2.46.